The molecule has 1 N–H and O–H groups in total. The van der Waals surface area contributed by atoms with Crippen molar-refractivity contribution >= 4 is 35.0 Å². The number of benzene rings is 2. The normalized spacial score (nSPS) is 10.6. The Hall–Kier alpha value is -2.57. The third-order valence-electron chi connectivity index (χ3n) is 4.12. The van der Waals surface area contributed by atoms with E-state index in [2.05, 4.69) is 29.0 Å². The van der Waals surface area contributed by atoms with Gasteiger partial charge in [0.2, 0.25) is 5.91 Å². The number of allylic oxidation sites excluding steroid dienone is 1. The molecule has 7 heteroatoms. The lowest BCUT2D eigenvalue weighted by molar-refractivity contribution is -0.113. The van der Waals surface area contributed by atoms with Crippen molar-refractivity contribution in [1.29, 1.82) is 0 Å². The molecule has 0 unspecified atom stereocenters. The average molecular weight is 413 g/mol. The van der Waals surface area contributed by atoms with Gasteiger partial charge in [0.15, 0.2) is 11.0 Å². The standard InChI is InChI=1S/C21H21ClN4OS/c1-3-13-26-20(17-7-5-6-8-18(17)22)24-25-21(26)28-14-19(27)23-16-11-9-15(4-2)10-12-16/h3,5-12H,1,4,13-14H2,2H3,(H,23,27). The summed E-state index contributed by atoms with van der Waals surface area (Å²) in [5.41, 5.74) is 2.81. The average Bonchev–Trinajstić information content (AvgIpc) is 3.10. The van der Waals surface area contributed by atoms with Crippen molar-refractivity contribution in [3.8, 4) is 11.4 Å². The molecule has 0 aliphatic heterocycles. The molecule has 0 saturated carbocycles. The zero-order chi connectivity index (χ0) is 19.9. The summed E-state index contributed by atoms with van der Waals surface area (Å²) in [7, 11) is 0. The molecule has 0 bridgehead atoms. The summed E-state index contributed by atoms with van der Waals surface area (Å²) >= 11 is 7.63. The van der Waals surface area contributed by atoms with E-state index in [-0.39, 0.29) is 11.7 Å². The van der Waals surface area contributed by atoms with Crippen LogP contribution in [0.1, 0.15) is 12.5 Å². The van der Waals surface area contributed by atoms with E-state index >= 15 is 0 Å². The first-order valence-corrected chi connectivity index (χ1v) is 10.3. The fourth-order valence-corrected chi connectivity index (χ4v) is 3.65. The molecule has 1 amide bonds. The van der Waals surface area contributed by atoms with Gasteiger partial charge in [-0.15, -0.1) is 16.8 Å². The van der Waals surface area contributed by atoms with Crippen LogP contribution < -0.4 is 5.32 Å². The first-order valence-electron chi connectivity index (χ1n) is 8.93. The van der Waals surface area contributed by atoms with Gasteiger partial charge in [0.1, 0.15) is 0 Å². The highest BCUT2D eigenvalue weighted by Crippen LogP contribution is 2.29. The number of halogens is 1. The molecule has 0 saturated heterocycles. The third kappa shape index (κ3) is 4.82. The van der Waals surface area contributed by atoms with Gasteiger partial charge in [-0.25, -0.2) is 0 Å². The molecule has 28 heavy (non-hydrogen) atoms. The topological polar surface area (TPSA) is 59.8 Å². The van der Waals surface area contributed by atoms with E-state index in [1.807, 2.05) is 53.1 Å². The predicted molar refractivity (Wildman–Crippen MR) is 116 cm³/mol. The first kappa shape index (κ1) is 20.2. The summed E-state index contributed by atoms with van der Waals surface area (Å²) < 4.78 is 1.90. The van der Waals surface area contributed by atoms with Crippen LogP contribution in [0.3, 0.4) is 0 Å². The van der Waals surface area contributed by atoms with E-state index in [9.17, 15) is 4.79 Å². The molecule has 1 heterocycles. The number of amides is 1. The minimum Gasteiger partial charge on any atom is -0.325 e. The fourth-order valence-electron chi connectivity index (χ4n) is 2.68. The van der Waals surface area contributed by atoms with Crippen LogP contribution in [0.2, 0.25) is 5.02 Å². The Morgan fingerprint density at radius 1 is 1.21 bits per heavy atom. The van der Waals surface area contributed by atoms with Crippen LogP contribution in [0.5, 0.6) is 0 Å². The van der Waals surface area contributed by atoms with Gasteiger partial charge in [-0.1, -0.05) is 60.6 Å². The zero-order valence-electron chi connectivity index (χ0n) is 15.6. The Morgan fingerprint density at radius 3 is 2.64 bits per heavy atom. The molecule has 5 nitrogen and oxygen atoms in total. The molecule has 0 atom stereocenters. The van der Waals surface area contributed by atoms with Gasteiger partial charge in [-0.05, 0) is 36.2 Å². The summed E-state index contributed by atoms with van der Waals surface area (Å²) in [5.74, 6) is 0.790. The Bertz CT molecular complexity index is 969. The van der Waals surface area contributed by atoms with Crippen molar-refractivity contribution in [2.24, 2.45) is 0 Å². The van der Waals surface area contributed by atoms with Crippen molar-refractivity contribution in [3.63, 3.8) is 0 Å². The number of aryl methyl sites for hydroxylation is 1. The van der Waals surface area contributed by atoms with Crippen LogP contribution in [0.25, 0.3) is 11.4 Å². The number of aromatic nitrogens is 3. The summed E-state index contributed by atoms with van der Waals surface area (Å²) in [4.78, 5) is 12.3. The lowest BCUT2D eigenvalue weighted by atomic mass is 10.1. The number of nitrogens with one attached hydrogen (secondary N) is 1. The third-order valence-corrected chi connectivity index (χ3v) is 5.42. The van der Waals surface area contributed by atoms with Gasteiger partial charge in [0.25, 0.3) is 0 Å². The maximum Gasteiger partial charge on any atom is 0.234 e. The van der Waals surface area contributed by atoms with E-state index < -0.39 is 0 Å². The van der Waals surface area contributed by atoms with Crippen molar-refractivity contribution in [2.45, 2.75) is 25.0 Å². The Kier molecular flexibility index (Phi) is 6.90. The van der Waals surface area contributed by atoms with Crippen molar-refractivity contribution < 1.29 is 4.79 Å². The van der Waals surface area contributed by atoms with E-state index in [1.54, 1.807) is 6.08 Å². The minimum atomic E-state index is -0.0957. The van der Waals surface area contributed by atoms with Crippen LogP contribution in [0, 0.1) is 0 Å². The van der Waals surface area contributed by atoms with E-state index in [4.69, 9.17) is 11.6 Å². The molecule has 0 aliphatic rings. The number of rotatable bonds is 8. The number of hydrogen-bond donors (Lipinski definition) is 1. The number of nitrogens with zero attached hydrogens (tertiary/aromatic N) is 3. The quantitative estimate of drug-likeness (QED) is 0.414. The van der Waals surface area contributed by atoms with E-state index in [0.29, 0.717) is 22.5 Å². The Morgan fingerprint density at radius 2 is 1.96 bits per heavy atom. The summed E-state index contributed by atoms with van der Waals surface area (Å²) in [6.07, 6.45) is 2.74. The van der Waals surface area contributed by atoms with Crippen LogP contribution >= 0.6 is 23.4 Å². The second-order valence-electron chi connectivity index (χ2n) is 6.07. The highest BCUT2D eigenvalue weighted by Gasteiger charge is 2.16. The summed E-state index contributed by atoms with van der Waals surface area (Å²) in [6.45, 7) is 6.42. The molecule has 0 spiro atoms. The number of anilines is 1. The van der Waals surface area contributed by atoms with Gasteiger partial charge in [0, 0.05) is 17.8 Å². The number of hydrogen-bond acceptors (Lipinski definition) is 4. The molecule has 1 aromatic heterocycles. The summed E-state index contributed by atoms with van der Waals surface area (Å²) in [5, 5.41) is 12.7. The lowest BCUT2D eigenvalue weighted by Gasteiger charge is -2.09. The van der Waals surface area contributed by atoms with Crippen LogP contribution in [0.15, 0.2) is 66.3 Å². The van der Waals surface area contributed by atoms with Gasteiger partial charge < -0.3 is 5.32 Å². The van der Waals surface area contributed by atoms with Gasteiger partial charge in [-0.3, -0.25) is 9.36 Å². The minimum absolute atomic E-state index is 0.0957. The van der Waals surface area contributed by atoms with Gasteiger partial charge in [0.05, 0.1) is 10.8 Å². The van der Waals surface area contributed by atoms with Crippen LogP contribution in [-0.2, 0) is 17.8 Å². The summed E-state index contributed by atoms with van der Waals surface area (Å²) in [6, 6.07) is 15.3. The van der Waals surface area contributed by atoms with Crippen molar-refractivity contribution in [3.05, 3.63) is 71.8 Å². The van der Waals surface area contributed by atoms with Gasteiger partial charge >= 0.3 is 0 Å². The molecule has 0 radical (unpaired) electrons. The maximum atomic E-state index is 12.3. The van der Waals surface area contributed by atoms with Crippen molar-refractivity contribution in [2.75, 3.05) is 11.1 Å². The largest absolute Gasteiger partial charge is 0.325 e. The highest BCUT2D eigenvalue weighted by atomic mass is 35.5. The molecule has 144 valence electrons. The molecule has 3 rings (SSSR count). The van der Waals surface area contributed by atoms with Gasteiger partial charge in [-0.2, -0.15) is 0 Å². The lowest BCUT2D eigenvalue weighted by Crippen LogP contribution is -2.14. The monoisotopic (exact) mass is 412 g/mol. The second-order valence-corrected chi connectivity index (χ2v) is 7.42. The van der Waals surface area contributed by atoms with E-state index in [0.717, 1.165) is 17.7 Å². The molecule has 0 aliphatic carbocycles. The SMILES string of the molecule is C=CCn1c(SCC(=O)Nc2ccc(CC)cc2)nnc1-c1ccccc1Cl. The first-order chi connectivity index (χ1) is 13.6. The smallest absolute Gasteiger partial charge is 0.234 e. The zero-order valence-corrected chi connectivity index (χ0v) is 17.1. The van der Waals surface area contributed by atoms with Crippen LogP contribution in [-0.4, -0.2) is 26.4 Å². The Balaban J connectivity index is 1.70. The molecule has 3 aromatic rings. The maximum absolute atomic E-state index is 12.3. The fraction of sp³-hybridized carbons (Fsp3) is 0.190. The number of thioether (sulfide) groups is 1. The van der Waals surface area contributed by atoms with Crippen molar-refractivity contribution in [1.82, 2.24) is 14.8 Å². The highest BCUT2D eigenvalue weighted by molar-refractivity contribution is 7.99. The molecular formula is C21H21ClN4OS. The molecule has 0 fully saturated rings. The number of carbonyl (C=O) groups excluding carboxylic acids is 1. The molecule has 2 aromatic carbocycles. The predicted octanol–water partition coefficient (Wildman–Crippen LogP) is 5.08. The number of carbonyl (C=O) groups is 1. The Labute approximate surface area is 173 Å². The molecular weight excluding hydrogens is 392 g/mol. The van der Waals surface area contributed by atoms with Crippen LogP contribution in [0.4, 0.5) is 5.69 Å². The second kappa shape index (κ2) is 9.57. The van der Waals surface area contributed by atoms with E-state index in [1.165, 1.54) is 17.3 Å².